The lowest BCUT2D eigenvalue weighted by molar-refractivity contribution is 0.951. The Bertz CT molecular complexity index is 872. The summed E-state index contributed by atoms with van der Waals surface area (Å²) in [7, 11) is 0. The molecule has 4 heteroatoms. The minimum absolute atomic E-state index is 0.647. The molecule has 2 aromatic heterocycles. The van der Waals surface area contributed by atoms with Gasteiger partial charge in [0.15, 0.2) is 5.65 Å². The second-order valence-electron chi connectivity index (χ2n) is 4.93. The van der Waals surface area contributed by atoms with Gasteiger partial charge in [0.1, 0.15) is 0 Å². The lowest BCUT2D eigenvalue weighted by atomic mass is 10.0. The first-order valence-corrected chi connectivity index (χ1v) is 6.92. The second-order valence-corrected chi connectivity index (χ2v) is 4.93. The minimum atomic E-state index is 0.647. The van der Waals surface area contributed by atoms with Crippen LogP contribution in [-0.2, 0) is 6.54 Å². The molecule has 0 spiro atoms. The number of rotatable bonds is 3. The average Bonchev–Trinajstić information content (AvgIpc) is 2.96. The van der Waals surface area contributed by atoms with Gasteiger partial charge in [-0.05, 0) is 28.5 Å². The lowest BCUT2D eigenvalue weighted by Crippen LogP contribution is -2.01. The van der Waals surface area contributed by atoms with Crippen molar-refractivity contribution in [1.82, 2.24) is 14.6 Å². The Morgan fingerprint density at radius 2 is 1.76 bits per heavy atom. The van der Waals surface area contributed by atoms with Gasteiger partial charge in [0, 0.05) is 12.7 Å². The van der Waals surface area contributed by atoms with Crippen LogP contribution in [0.15, 0.2) is 66.9 Å². The quantitative estimate of drug-likeness (QED) is 0.622. The standard InChI is InChI=1S/C17H14N4/c1-2-9-15-13(6-1)7-5-8-14(15)12-18-17-19-16-10-3-4-11-21(16)20-17/h1-11H,12H2,(H,18,20). The predicted octanol–water partition coefficient (Wildman–Crippen LogP) is 3.49. The molecule has 0 saturated carbocycles. The Hall–Kier alpha value is -2.88. The summed E-state index contributed by atoms with van der Waals surface area (Å²) in [6.45, 7) is 0.707. The molecule has 2 aromatic carbocycles. The highest BCUT2D eigenvalue weighted by molar-refractivity contribution is 5.85. The maximum atomic E-state index is 4.45. The number of hydrogen-bond donors (Lipinski definition) is 1. The van der Waals surface area contributed by atoms with Crippen LogP contribution in [0.5, 0.6) is 0 Å². The number of fused-ring (bicyclic) bond motifs is 2. The van der Waals surface area contributed by atoms with Gasteiger partial charge < -0.3 is 5.32 Å². The number of hydrogen-bond acceptors (Lipinski definition) is 3. The molecule has 0 atom stereocenters. The molecule has 0 saturated heterocycles. The highest BCUT2D eigenvalue weighted by Gasteiger charge is 2.04. The van der Waals surface area contributed by atoms with E-state index in [1.807, 2.05) is 24.4 Å². The summed E-state index contributed by atoms with van der Waals surface area (Å²) in [6.07, 6.45) is 1.89. The van der Waals surface area contributed by atoms with Crippen molar-refractivity contribution in [3.63, 3.8) is 0 Å². The van der Waals surface area contributed by atoms with Gasteiger partial charge in [-0.15, -0.1) is 5.10 Å². The van der Waals surface area contributed by atoms with E-state index in [0.717, 1.165) is 5.65 Å². The van der Waals surface area contributed by atoms with Crippen molar-refractivity contribution in [1.29, 1.82) is 0 Å². The van der Waals surface area contributed by atoms with Gasteiger partial charge in [-0.2, -0.15) is 4.98 Å². The number of benzene rings is 2. The molecule has 2 heterocycles. The molecule has 0 radical (unpaired) electrons. The Morgan fingerprint density at radius 1 is 0.905 bits per heavy atom. The number of nitrogens with one attached hydrogen (secondary N) is 1. The summed E-state index contributed by atoms with van der Waals surface area (Å²) in [5.41, 5.74) is 2.09. The van der Waals surface area contributed by atoms with Gasteiger partial charge in [0.25, 0.3) is 0 Å². The molecule has 0 aliphatic heterocycles. The lowest BCUT2D eigenvalue weighted by Gasteiger charge is -2.06. The maximum absolute atomic E-state index is 4.45. The molecule has 4 nitrogen and oxygen atoms in total. The summed E-state index contributed by atoms with van der Waals surface area (Å²) in [6, 6.07) is 20.6. The summed E-state index contributed by atoms with van der Waals surface area (Å²) in [5.74, 6) is 0.647. The predicted molar refractivity (Wildman–Crippen MR) is 84.3 cm³/mol. The molecule has 4 rings (SSSR count). The van der Waals surface area contributed by atoms with E-state index < -0.39 is 0 Å². The SMILES string of the molecule is c1ccc2c(CNc3nc4ccccn4n3)cccc2c1. The smallest absolute Gasteiger partial charge is 0.243 e. The van der Waals surface area contributed by atoms with Crippen molar-refractivity contribution in [2.75, 3.05) is 5.32 Å². The van der Waals surface area contributed by atoms with E-state index in [1.54, 1.807) is 4.52 Å². The molecular weight excluding hydrogens is 260 g/mol. The molecule has 21 heavy (non-hydrogen) atoms. The highest BCUT2D eigenvalue weighted by Crippen LogP contribution is 2.19. The largest absolute Gasteiger partial charge is 0.349 e. The zero-order valence-corrected chi connectivity index (χ0v) is 11.4. The third-order valence-corrected chi connectivity index (χ3v) is 3.56. The summed E-state index contributed by atoms with van der Waals surface area (Å²) < 4.78 is 1.77. The van der Waals surface area contributed by atoms with Crippen molar-refractivity contribution in [3.8, 4) is 0 Å². The zero-order valence-electron chi connectivity index (χ0n) is 11.4. The Morgan fingerprint density at radius 3 is 2.71 bits per heavy atom. The molecule has 0 unspecified atom stereocenters. The van der Waals surface area contributed by atoms with Gasteiger partial charge in [0.05, 0.1) is 0 Å². The van der Waals surface area contributed by atoms with Crippen LogP contribution in [0.2, 0.25) is 0 Å². The molecule has 0 aliphatic carbocycles. The molecule has 0 amide bonds. The van der Waals surface area contributed by atoms with E-state index >= 15 is 0 Å². The summed E-state index contributed by atoms with van der Waals surface area (Å²) in [4.78, 5) is 4.45. The summed E-state index contributed by atoms with van der Waals surface area (Å²) >= 11 is 0. The maximum Gasteiger partial charge on any atom is 0.243 e. The van der Waals surface area contributed by atoms with Crippen LogP contribution in [0.25, 0.3) is 16.4 Å². The molecule has 0 fully saturated rings. The third kappa shape index (κ3) is 2.21. The third-order valence-electron chi connectivity index (χ3n) is 3.56. The fraction of sp³-hybridized carbons (Fsp3) is 0.0588. The van der Waals surface area contributed by atoms with E-state index in [0.29, 0.717) is 12.5 Å². The minimum Gasteiger partial charge on any atom is -0.349 e. The first-order chi connectivity index (χ1) is 10.4. The van der Waals surface area contributed by atoms with Crippen LogP contribution in [0.1, 0.15) is 5.56 Å². The second kappa shape index (κ2) is 4.90. The first-order valence-electron chi connectivity index (χ1n) is 6.92. The zero-order chi connectivity index (χ0) is 14.1. The first kappa shape index (κ1) is 11.9. The van der Waals surface area contributed by atoms with Crippen LogP contribution >= 0.6 is 0 Å². The normalized spacial score (nSPS) is 11.0. The van der Waals surface area contributed by atoms with Gasteiger partial charge >= 0.3 is 0 Å². The highest BCUT2D eigenvalue weighted by atomic mass is 15.3. The van der Waals surface area contributed by atoms with E-state index in [9.17, 15) is 0 Å². The van der Waals surface area contributed by atoms with Gasteiger partial charge in [-0.3, -0.25) is 0 Å². The van der Waals surface area contributed by atoms with E-state index in [-0.39, 0.29) is 0 Å². The van der Waals surface area contributed by atoms with Gasteiger partial charge in [-0.25, -0.2) is 4.52 Å². The van der Waals surface area contributed by atoms with Crippen molar-refractivity contribution >= 4 is 22.4 Å². The van der Waals surface area contributed by atoms with Crippen molar-refractivity contribution in [3.05, 3.63) is 72.4 Å². The number of nitrogens with zero attached hydrogens (tertiary/aromatic N) is 3. The molecule has 102 valence electrons. The fourth-order valence-corrected chi connectivity index (χ4v) is 2.53. The van der Waals surface area contributed by atoms with Crippen LogP contribution in [0.3, 0.4) is 0 Å². The van der Waals surface area contributed by atoms with Crippen LogP contribution in [-0.4, -0.2) is 14.6 Å². The number of pyridine rings is 1. The van der Waals surface area contributed by atoms with Crippen LogP contribution in [0, 0.1) is 0 Å². The molecule has 4 aromatic rings. The number of anilines is 1. The van der Waals surface area contributed by atoms with E-state index in [4.69, 9.17) is 0 Å². The monoisotopic (exact) mass is 274 g/mol. The molecule has 1 N–H and O–H groups in total. The Labute approximate surface area is 122 Å². The number of aromatic nitrogens is 3. The van der Waals surface area contributed by atoms with Crippen molar-refractivity contribution in [2.45, 2.75) is 6.54 Å². The average molecular weight is 274 g/mol. The van der Waals surface area contributed by atoms with E-state index in [2.05, 4.69) is 57.9 Å². The Kier molecular flexibility index (Phi) is 2.78. The van der Waals surface area contributed by atoms with Gasteiger partial charge in [0.2, 0.25) is 5.95 Å². The Balaban J connectivity index is 1.63. The van der Waals surface area contributed by atoms with Crippen LogP contribution in [0.4, 0.5) is 5.95 Å². The van der Waals surface area contributed by atoms with Crippen molar-refractivity contribution < 1.29 is 0 Å². The van der Waals surface area contributed by atoms with Crippen LogP contribution < -0.4 is 5.32 Å². The van der Waals surface area contributed by atoms with Gasteiger partial charge in [-0.1, -0.05) is 48.5 Å². The molecular formula is C17H14N4. The van der Waals surface area contributed by atoms with E-state index in [1.165, 1.54) is 16.3 Å². The van der Waals surface area contributed by atoms with Crippen molar-refractivity contribution in [2.24, 2.45) is 0 Å². The fourth-order valence-electron chi connectivity index (χ4n) is 2.53. The molecule has 0 bridgehead atoms. The summed E-state index contributed by atoms with van der Waals surface area (Å²) in [5, 5.41) is 10.2. The topological polar surface area (TPSA) is 42.2 Å². The molecule has 0 aliphatic rings.